The molecule has 1 amide bonds. The van der Waals surface area contributed by atoms with E-state index in [9.17, 15) is 4.79 Å². The largest absolute Gasteiger partial charge is 0.493 e. The standard InChI is InChI=1S/C23H21ClN2O3/c1-28-20-9-8-19(13-21(20)29-15-16-3-2-12-25-14-16)26-22(27)23(10-11-23)17-4-6-18(24)7-5-17/h2-9,12-14H,10-11,15H2,1H3,(H,26,27). The van der Waals surface area contributed by atoms with E-state index >= 15 is 0 Å². The van der Waals surface area contributed by atoms with Crippen molar-refractivity contribution in [1.82, 2.24) is 4.98 Å². The maximum atomic E-state index is 13.0. The summed E-state index contributed by atoms with van der Waals surface area (Å²) in [5, 5.41) is 3.69. The third-order valence-corrected chi connectivity index (χ3v) is 5.37. The quantitative estimate of drug-likeness (QED) is 0.598. The van der Waals surface area contributed by atoms with Crippen molar-refractivity contribution in [1.29, 1.82) is 0 Å². The molecule has 1 heterocycles. The Hall–Kier alpha value is -3.05. The van der Waals surface area contributed by atoms with Gasteiger partial charge in [-0.05, 0) is 48.7 Å². The van der Waals surface area contributed by atoms with Crippen molar-refractivity contribution in [2.75, 3.05) is 12.4 Å². The lowest BCUT2D eigenvalue weighted by Gasteiger charge is -2.17. The van der Waals surface area contributed by atoms with Crippen LogP contribution in [0.1, 0.15) is 24.0 Å². The first-order valence-electron chi connectivity index (χ1n) is 9.38. The van der Waals surface area contributed by atoms with Gasteiger partial charge in [-0.15, -0.1) is 0 Å². The average molecular weight is 409 g/mol. The van der Waals surface area contributed by atoms with Gasteiger partial charge in [0, 0.05) is 34.7 Å². The van der Waals surface area contributed by atoms with Crippen LogP contribution in [-0.4, -0.2) is 18.0 Å². The van der Waals surface area contributed by atoms with Crippen molar-refractivity contribution >= 4 is 23.2 Å². The highest BCUT2D eigenvalue weighted by molar-refractivity contribution is 6.30. The summed E-state index contributed by atoms with van der Waals surface area (Å²) < 4.78 is 11.3. The van der Waals surface area contributed by atoms with Crippen LogP contribution < -0.4 is 14.8 Å². The van der Waals surface area contributed by atoms with Gasteiger partial charge in [0.25, 0.3) is 0 Å². The first kappa shape index (κ1) is 19.3. The summed E-state index contributed by atoms with van der Waals surface area (Å²) in [7, 11) is 1.59. The Morgan fingerprint density at radius 3 is 2.59 bits per heavy atom. The lowest BCUT2D eigenvalue weighted by atomic mass is 9.95. The van der Waals surface area contributed by atoms with Crippen LogP contribution in [0.4, 0.5) is 5.69 Å². The molecule has 1 aromatic heterocycles. The number of hydrogen-bond donors (Lipinski definition) is 1. The number of carbonyl (C=O) groups excluding carboxylic acids is 1. The summed E-state index contributed by atoms with van der Waals surface area (Å²) in [5.74, 6) is 1.14. The van der Waals surface area contributed by atoms with Gasteiger partial charge in [0.2, 0.25) is 5.91 Å². The van der Waals surface area contributed by atoms with Crippen LogP contribution >= 0.6 is 11.6 Å². The molecule has 1 fully saturated rings. The van der Waals surface area contributed by atoms with Crippen LogP contribution in [0.25, 0.3) is 0 Å². The molecule has 1 aliphatic carbocycles. The molecule has 0 bridgehead atoms. The Labute approximate surface area is 174 Å². The van der Waals surface area contributed by atoms with Crippen molar-refractivity contribution in [3.05, 3.63) is 83.1 Å². The van der Waals surface area contributed by atoms with Gasteiger partial charge in [0.1, 0.15) is 6.61 Å². The molecule has 1 aliphatic rings. The van der Waals surface area contributed by atoms with Crippen molar-refractivity contribution in [2.24, 2.45) is 0 Å². The second-order valence-corrected chi connectivity index (χ2v) is 7.50. The van der Waals surface area contributed by atoms with Crippen molar-refractivity contribution < 1.29 is 14.3 Å². The number of nitrogens with zero attached hydrogens (tertiary/aromatic N) is 1. The predicted octanol–water partition coefficient (Wildman–Crippen LogP) is 4.99. The molecule has 1 saturated carbocycles. The molecule has 0 saturated heterocycles. The molecular weight excluding hydrogens is 388 g/mol. The fraction of sp³-hybridized carbons (Fsp3) is 0.217. The van der Waals surface area contributed by atoms with Gasteiger partial charge < -0.3 is 14.8 Å². The predicted molar refractivity (Wildman–Crippen MR) is 113 cm³/mol. The van der Waals surface area contributed by atoms with E-state index in [1.54, 1.807) is 31.6 Å². The average Bonchev–Trinajstić information content (AvgIpc) is 3.56. The molecule has 29 heavy (non-hydrogen) atoms. The van der Waals surface area contributed by atoms with E-state index in [1.807, 2.05) is 42.5 Å². The second kappa shape index (κ2) is 8.13. The molecule has 2 aromatic carbocycles. The lowest BCUT2D eigenvalue weighted by Crippen LogP contribution is -2.27. The zero-order valence-corrected chi connectivity index (χ0v) is 16.8. The Kier molecular flexibility index (Phi) is 5.41. The van der Waals surface area contributed by atoms with E-state index < -0.39 is 5.41 Å². The second-order valence-electron chi connectivity index (χ2n) is 7.06. The van der Waals surface area contributed by atoms with Gasteiger partial charge in [-0.25, -0.2) is 0 Å². The number of halogens is 1. The van der Waals surface area contributed by atoms with E-state index in [2.05, 4.69) is 10.3 Å². The van der Waals surface area contributed by atoms with Crippen LogP contribution in [0, 0.1) is 0 Å². The fourth-order valence-corrected chi connectivity index (χ4v) is 3.43. The molecular formula is C23H21ClN2O3. The van der Waals surface area contributed by atoms with Gasteiger partial charge in [0.15, 0.2) is 11.5 Å². The minimum atomic E-state index is -0.485. The van der Waals surface area contributed by atoms with E-state index in [1.165, 1.54) is 0 Å². The highest BCUT2D eigenvalue weighted by atomic mass is 35.5. The molecule has 148 valence electrons. The molecule has 0 atom stereocenters. The number of ether oxygens (including phenoxy) is 2. The molecule has 0 aliphatic heterocycles. The molecule has 5 nitrogen and oxygen atoms in total. The van der Waals surface area contributed by atoms with Crippen LogP contribution in [0.15, 0.2) is 67.0 Å². The van der Waals surface area contributed by atoms with Crippen LogP contribution in [0.5, 0.6) is 11.5 Å². The highest BCUT2D eigenvalue weighted by Gasteiger charge is 2.51. The molecule has 3 aromatic rings. The third-order valence-electron chi connectivity index (χ3n) is 5.12. The van der Waals surface area contributed by atoms with Crippen LogP contribution in [0.2, 0.25) is 5.02 Å². The van der Waals surface area contributed by atoms with Gasteiger partial charge >= 0.3 is 0 Å². The van der Waals surface area contributed by atoms with Gasteiger partial charge in [-0.2, -0.15) is 0 Å². The van der Waals surface area contributed by atoms with Crippen molar-refractivity contribution in [3.63, 3.8) is 0 Å². The summed E-state index contributed by atoms with van der Waals surface area (Å²) in [6, 6.07) is 16.7. The summed E-state index contributed by atoms with van der Waals surface area (Å²) >= 11 is 5.98. The normalized spacial score (nSPS) is 14.1. The number of hydrogen-bond acceptors (Lipinski definition) is 4. The van der Waals surface area contributed by atoms with Crippen molar-refractivity contribution in [3.8, 4) is 11.5 Å². The van der Waals surface area contributed by atoms with Gasteiger partial charge in [-0.1, -0.05) is 29.8 Å². The Bertz CT molecular complexity index is 1000. The number of nitrogens with one attached hydrogen (secondary N) is 1. The number of amides is 1. The first-order chi connectivity index (χ1) is 14.1. The monoisotopic (exact) mass is 408 g/mol. The molecule has 0 spiro atoms. The minimum Gasteiger partial charge on any atom is -0.493 e. The number of aromatic nitrogens is 1. The summed E-state index contributed by atoms with van der Waals surface area (Å²) in [5.41, 5.74) is 2.11. The maximum Gasteiger partial charge on any atom is 0.235 e. The summed E-state index contributed by atoms with van der Waals surface area (Å²) in [6.07, 6.45) is 5.11. The first-order valence-corrected chi connectivity index (χ1v) is 9.76. The van der Waals surface area contributed by atoms with Gasteiger partial charge in [0.05, 0.1) is 12.5 Å². The topological polar surface area (TPSA) is 60.5 Å². The minimum absolute atomic E-state index is 0.0248. The number of pyridine rings is 1. The van der Waals surface area contributed by atoms with Crippen LogP contribution in [-0.2, 0) is 16.8 Å². The number of anilines is 1. The lowest BCUT2D eigenvalue weighted by molar-refractivity contribution is -0.118. The SMILES string of the molecule is COc1ccc(NC(=O)C2(c3ccc(Cl)cc3)CC2)cc1OCc1cccnc1. The third kappa shape index (κ3) is 4.20. The Morgan fingerprint density at radius 2 is 1.93 bits per heavy atom. The van der Waals surface area contributed by atoms with E-state index in [4.69, 9.17) is 21.1 Å². The molecule has 6 heteroatoms. The molecule has 0 unspecified atom stereocenters. The van der Waals surface area contributed by atoms with E-state index in [0.717, 1.165) is 24.0 Å². The van der Waals surface area contributed by atoms with E-state index in [0.29, 0.717) is 28.8 Å². The zero-order chi connectivity index (χ0) is 20.3. The molecule has 0 radical (unpaired) electrons. The molecule has 4 rings (SSSR count). The van der Waals surface area contributed by atoms with Crippen LogP contribution in [0.3, 0.4) is 0 Å². The van der Waals surface area contributed by atoms with E-state index in [-0.39, 0.29) is 5.91 Å². The summed E-state index contributed by atoms with van der Waals surface area (Å²) in [6.45, 7) is 0.357. The Balaban J connectivity index is 1.50. The molecule has 1 N–H and O–H groups in total. The maximum absolute atomic E-state index is 13.0. The smallest absolute Gasteiger partial charge is 0.235 e. The number of methoxy groups -OCH3 is 1. The number of rotatable bonds is 7. The highest BCUT2D eigenvalue weighted by Crippen LogP contribution is 2.49. The zero-order valence-electron chi connectivity index (χ0n) is 16.0. The fourth-order valence-electron chi connectivity index (χ4n) is 3.30. The van der Waals surface area contributed by atoms with Crippen molar-refractivity contribution in [2.45, 2.75) is 24.9 Å². The summed E-state index contributed by atoms with van der Waals surface area (Å²) in [4.78, 5) is 17.1. The number of carbonyl (C=O) groups is 1. The Morgan fingerprint density at radius 1 is 1.14 bits per heavy atom. The van der Waals surface area contributed by atoms with Gasteiger partial charge in [-0.3, -0.25) is 9.78 Å². The number of benzene rings is 2.